The van der Waals surface area contributed by atoms with Crippen LogP contribution in [0.5, 0.6) is 0 Å². The number of rotatable bonds is 6. The van der Waals surface area contributed by atoms with Crippen LogP contribution < -0.4 is 10.2 Å². The number of aliphatic carboxylic acids is 1. The van der Waals surface area contributed by atoms with Crippen molar-refractivity contribution in [2.24, 2.45) is 0 Å². The van der Waals surface area contributed by atoms with Crippen LogP contribution in [0.2, 0.25) is 5.02 Å². The molecule has 2 N–H and O–H groups in total. The highest BCUT2D eigenvalue weighted by Gasteiger charge is 2.32. The minimum Gasteiger partial charge on any atom is -0.479 e. The van der Waals surface area contributed by atoms with Gasteiger partial charge >= 0.3 is 5.97 Å². The van der Waals surface area contributed by atoms with Crippen molar-refractivity contribution in [2.45, 2.75) is 39.4 Å². The predicted octanol–water partition coefficient (Wildman–Crippen LogP) is 5.73. The van der Waals surface area contributed by atoms with Gasteiger partial charge in [-0.2, -0.15) is 0 Å². The first-order chi connectivity index (χ1) is 18.1. The van der Waals surface area contributed by atoms with E-state index in [2.05, 4.69) is 15.2 Å². The number of piperazine rings is 1. The molecule has 1 atom stereocenters. The quantitative estimate of drug-likeness (QED) is 0.313. The van der Waals surface area contributed by atoms with Gasteiger partial charge in [-0.3, -0.25) is 0 Å². The number of carboxylic acid groups (broad SMARTS) is 1. The van der Waals surface area contributed by atoms with E-state index < -0.39 is 17.7 Å². The SMILES string of the molecule is Cc1cc2nc(-c3ccnc(N4CCNCC4)n3)sc2c(-c2ccc(Cl)cc2)c1[C@H](OC(C)(C)C)C(=O)O. The highest BCUT2D eigenvalue weighted by molar-refractivity contribution is 7.22. The number of aryl methyl sites for hydroxylation is 1. The van der Waals surface area contributed by atoms with Crippen molar-refractivity contribution in [2.75, 3.05) is 31.1 Å². The zero-order valence-electron chi connectivity index (χ0n) is 21.8. The summed E-state index contributed by atoms with van der Waals surface area (Å²) in [6, 6.07) is 11.2. The maximum Gasteiger partial charge on any atom is 0.337 e. The number of halogens is 1. The summed E-state index contributed by atoms with van der Waals surface area (Å²) < 4.78 is 6.97. The number of fused-ring (bicyclic) bond motifs is 1. The van der Waals surface area contributed by atoms with Gasteiger partial charge < -0.3 is 20.1 Å². The first-order valence-corrected chi connectivity index (χ1v) is 13.7. The summed E-state index contributed by atoms with van der Waals surface area (Å²) in [6.45, 7) is 10.9. The third kappa shape index (κ3) is 5.51. The molecule has 4 aromatic rings. The summed E-state index contributed by atoms with van der Waals surface area (Å²) >= 11 is 7.69. The van der Waals surface area contributed by atoms with E-state index in [1.54, 1.807) is 18.3 Å². The van der Waals surface area contributed by atoms with Crippen molar-refractivity contribution in [3.8, 4) is 21.8 Å². The standard InChI is InChI=1S/C28H30ClN5O3S/c1-16-15-20-24(38-25(32-20)19-9-10-31-27(33-19)34-13-11-30-12-14-34)22(17-5-7-18(29)8-6-17)21(16)23(26(35)36)37-28(2,3)4/h5-10,15,23,30H,11-14H2,1-4H3,(H,35,36)/t23-/m0/s1. The normalized spacial score (nSPS) is 15.1. The van der Waals surface area contributed by atoms with Crippen LogP contribution in [-0.2, 0) is 9.53 Å². The van der Waals surface area contributed by atoms with Crippen molar-refractivity contribution in [3.05, 3.63) is 58.7 Å². The highest BCUT2D eigenvalue weighted by Crippen LogP contribution is 2.44. The molecule has 0 unspecified atom stereocenters. The average Bonchev–Trinajstić information content (AvgIpc) is 3.31. The maximum atomic E-state index is 12.5. The van der Waals surface area contributed by atoms with Crippen LogP contribution in [0.3, 0.4) is 0 Å². The van der Waals surface area contributed by atoms with Crippen LogP contribution in [-0.4, -0.2) is 57.8 Å². The van der Waals surface area contributed by atoms with E-state index in [1.807, 2.05) is 52.0 Å². The Labute approximate surface area is 230 Å². The summed E-state index contributed by atoms with van der Waals surface area (Å²) in [7, 11) is 0. The Morgan fingerprint density at radius 1 is 1.16 bits per heavy atom. The Hall–Kier alpha value is -3.11. The Bertz CT molecular complexity index is 1480. The smallest absolute Gasteiger partial charge is 0.337 e. The second-order valence-electron chi connectivity index (χ2n) is 10.3. The van der Waals surface area contributed by atoms with Crippen LogP contribution >= 0.6 is 22.9 Å². The first kappa shape index (κ1) is 26.5. The average molecular weight is 552 g/mol. The molecule has 1 aliphatic rings. The molecule has 8 nitrogen and oxygen atoms in total. The fourth-order valence-electron chi connectivity index (χ4n) is 4.63. The Kier molecular flexibility index (Phi) is 7.37. The number of hydrogen-bond donors (Lipinski definition) is 2. The van der Waals surface area contributed by atoms with Gasteiger partial charge in [0.15, 0.2) is 6.10 Å². The molecule has 198 valence electrons. The molecule has 1 saturated heterocycles. The number of hydrogen-bond acceptors (Lipinski definition) is 8. The number of anilines is 1. The minimum atomic E-state index is -1.16. The second kappa shape index (κ2) is 10.6. The highest BCUT2D eigenvalue weighted by atomic mass is 35.5. The van der Waals surface area contributed by atoms with Gasteiger partial charge in [0.05, 0.1) is 15.8 Å². The van der Waals surface area contributed by atoms with Crippen molar-refractivity contribution in [1.29, 1.82) is 0 Å². The lowest BCUT2D eigenvalue weighted by molar-refractivity contribution is -0.160. The van der Waals surface area contributed by atoms with Crippen LogP contribution in [0, 0.1) is 6.92 Å². The van der Waals surface area contributed by atoms with E-state index in [4.69, 9.17) is 26.3 Å². The van der Waals surface area contributed by atoms with Gasteiger partial charge in [-0.25, -0.2) is 19.7 Å². The Morgan fingerprint density at radius 2 is 1.87 bits per heavy atom. The fourth-order valence-corrected chi connectivity index (χ4v) is 5.85. The monoisotopic (exact) mass is 551 g/mol. The number of aromatic nitrogens is 3. The van der Waals surface area contributed by atoms with Gasteiger partial charge in [0.25, 0.3) is 0 Å². The molecule has 0 amide bonds. The van der Waals surface area contributed by atoms with Gasteiger partial charge in [-0.05, 0) is 63.1 Å². The Balaban J connectivity index is 1.70. The largest absolute Gasteiger partial charge is 0.479 e. The molecule has 3 heterocycles. The zero-order chi connectivity index (χ0) is 27.0. The number of nitrogens with zero attached hydrogens (tertiary/aromatic N) is 4. The van der Waals surface area contributed by atoms with E-state index in [0.29, 0.717) is 16.5 Å². The number of nitrogens with one attached hydrogen (secondary N) is 1. The van der Waals surface area contributed by atoms with Gasteiger partial charge in [0.2, 0.25) is 5.95 Å². The minimum absolute atomic E-state index is 0.603. The van der Waals surface area contributed by atoms with Gasteiger partial charge in [-0.15, -0.1) is 11.3 Å². The third-order valence-corrected chi connectivity index (χ3v) is 7.64. The van der Waals surface area contributed by atoms with Crippen LogP contribution in [0.15, 0.2) is 42.6 Å². The molecule has 10 heteroatoms. The van der Waals surface area contributed by atoms with Crippen LogP contribution in [0.1, 0.15) is 38.0 Å². The van der Waals surface area contributed by atoms with Crippen molar-refractivity contribution < 1.29 is 14.6 Å². The molecule has 0 spiro atoms. The number of benzene rings is 2. The topological polar surface area (TPSA) is 100 Å². The van der Waals surface area contributed by atoms with E-state index in [1.165, 1.54) is 11.3 Å². The number of thiazole rings is 1. The number of ether oxygens (including phenoxy) is 1. The summed E-state index contributed by atoms with van der Waals surface area (Å²) in [5, 5.41) is 15.0. The lowest BCUT2D eigenvalue weighted by atomic mass is 9.91. The lowest BCUT2D eigenvalue weighted by Crippen LogP contribution is -2.44. The van der Waals surface area contributed by atoms with Crippen molar-refractivity contribution in [3.63, 3.8) is 0 Å². The summed E-state index contributed by atoms with van der Waals surface area (Å²) in [5.74, 6) is -0.360. The maximum absolute atomic E-state index is 12.5. The molecule has 1 fully saturated rings. The van der Waals surface area contributed by atoms with Gasteiger partial charge in [-0.1, -0.05) is 23.7 Å². The van der Waals surface area contributed by atoms with E-state index in [-0.39, 0.29) is 0 Å². The van der Waals surface area contributed by atoms with Crippen molar-refractivity contribution in [1.82, 2.24) is 20.3 Å². The molecule has 38 heavy (non-hydrogen) atoms. The molecule has 1 aliphatic heterocycles. The zero-order valence-corrected chi connectivity index (χ0v) is 23.4. The molecule has 0 saturated carbocycles. The molecule has 0 bridgehead atoms. The van der Waals surface area contributed by atoms with Crippen LogP contribution in [0.4, 0.5) is 5.95 Å². The molecular formula is C28H30ClN5O3S. The van der Waals surface area contributed by atoms with E-state index >= 15 is 0 Å². The molecule has 2 aromatic carbocycles. The predicted molar refractivity (Wildman–Crippen MR) is 152 cm³/mol. The molecule has 0 radical (unpaired) electrons. The van der Waals surface area contributed by atoms with E-state index in [9.17, 15) is 9.90 Å². The number of carbonyl (C=O) groups is 1. The number of carboxylic acids is 1. The summed E-state index contributed by atoms with van der Waals surface area (Å²) in [4.78, 5) is 29.0. The second-order valence-corrected chi connectivity index (χ2v) is 11.7. The molecule has 2 aromatic heterocycles. The summed E-state index contributed by atoms with van der Waals surface area (Å²) in [6.07, 6.45) is 0.606. The molecular weight excluding hydrogens is 522 g/mol. The van der Waals surface area contributed by atoms with Crippen molar-refractivity contribution >= 4 is 45.1 Å². The van der Waals surface area contributed by atoms with Crippen LogP contribution in [0.25, 0.3) is 32.0 Å². The van der Waals surface area contributed by atoms with Gasteiger partial charge in [0, 0.05) is 48.5 Å². The summed E-state index contributed by atoms with van der Waals surface area (Å²) in [5.41, 5.74) is 3.88. The van der Waals surface area contributed by atoms with E-state index in [0.717, 1.165) is 63.8 Å². The fraction of sp³-hybridized carbons (Fsp3) is 0.357. The third-order valence-electron chi connectivity index (χ3n) is 6.28. The molecule has 5 rings (SSSR count). The van der Waals surface area contributed by atoms with Gasteiger partial charge in [0.1, 0.15) is 10.7 Å². The Morgan fingerprint density at radius 3 is 2.53 bits per heavy atom. The first-order valence-electron chi connectivity index (χ1n) is 12.5. The molecule has 0 aliphatic carbocycles. The lowest BCUT2D eigenvalue weighted by Gasteiger charge is -2.28.